The number of benzene rings is 2. The lowest BCUT2D eigenvalue weighted by Crippen LogP contribution is -2.30. The van der Waals surface area contributed by atoms with Gasteiger partial charge in [0.25, 0.3) is 0 Å². The molecule has 0 radical (unpaired) electrons. The smallest absolute Gasteiger partial charge is 0.227 e. The van der Waals surface area contributed by atoms with E-state index < -0.39 is 0 Å². The first kappa shape index (κ1) is 21.8. The van der Waals surface area contributed by atoms with Gasteiger partial charge in [-0.3, -0.25) is 9.59 Å². The maximum absolute atomic E-state index is 12.5. The summed E-state index contributed by atoms with van der Waals surface area (Å²) < 4.78 is 5.90. The first-order chi connectivity index (χ1) is 14.6. The van der Waals surface area contributed by atoms with E-state index in [1.165, 1.54) is 0 Å². The van der Waals surface area contributed by atoms with Gasteiger partial charge >= 0.3 is 0 Å². The monoisotopic (exact) mass is 409 g/mol. The lowest BCUT2D eigenvalue weighted by molar-refractivity contribution is -0.121. The zero-order chi connectivity index (χ0) is 21.3. The molecule has 1 aliphatic heterocycles. The molecule has 3 rings (SSSR count). The molecule has 6 nitrogen and oxygen atoms in total. The lowest BCUT2D eigenvalue weighted by atomic mass is 9.89. The molecular weight excluding hydrogens is 378 g/mol. The Morgan fingerprint density at radius 2 is 1.87 bits per heavy atom. The van der Waals surface area contributed by atoms with Gasteiger partial charge in [0.05, 0.1) is 5.69 Å². The number of hydrogen-bond donors (Lipinski definition) is 2. The molecular formula is C24H31N3O3. The molecule has 2 amide bonds. The van der Waals surface area contributed by atoms with E-state index in [1.54, 1.807) is 0 Å². The SMILES string of the molecule is CCN(CC)CCOc1ccccc1NC(=O)CCC1Cc2ccccc2NC1=O. The van der Waals surface area contributed by atoms with Gasteiger partial charge in [-0.2, -0.15) is 0 Å². The second-order valence-corrected chi connectivity index (χ2v) is 7.51. The summed E-state index contributed by atoms with van der Waals surface area (Å²) in [7, 11) is 0. The second-order valence-electron chi connectivity index (χ2n) is 7.51. The molecule has 2 aromatic carbocycles. The van der Waals surface area contributed by atoms with Crippen molar-refractivity contribution in [3.05, 3.63) is 54.1 Å². The number of amides is 2. The Bertz CT molecular complexity index is 864. The van der Waals surface area contributed by atoms with Crippen molar-refractivity contribution < 1.29 is 14.3 Å². The van der Waals surface area contributed by atoms with Crippen molar-refractivity contribution in [2.75, 3.05) is 36.9 Å². The van der Waals surface area contributed by atoms with Crippen LogP contribution in [0, 0.1) is 5.92 Å². The number of para-hydroxylation sites is 3. The third-order valence-electron chi connectivity index (χ3n) is 5.55. The zero-order valence-corrected chi connectivity index (χ0v) is 17.8. The highest BCUT2D eigenvalue weighted by molar-refractivity contribution is 5.97. The van der Waals surface area contributed by atoms with Crippen molar-refractivity contribution in [1.29, 1.82) is 0 Å². The molecule has 0 fully saturated rings. The Hall–Kier alpha value is -2.86. The van der Waals surface area contributed by atoms with Crippen LogP contribution in [0.4, 0.5) is 11.4 Å². The average Bonchev–Trinajstić information content (AvgIpc) is 2.76. The number of fused-ring (bicyclic) bond motifs is 1. The molecule has 2 N–H and O–H groups in total. The third kappa shape index (κ3) is 5.83. The number of rotatable bonds is 10. The average molecular weight is 410 g/mol. The molecule has 1 unspecified atom stereocenters. The number of anilines is 2. The van der Waals surface area contributed by atoms with Gasteiger partial charge in [0.2, 0.25) is 11.8 Å². The van der Waals surface area contributed by atoms with Crippen LogP contribution < -0.4 is 15.4 Å². The highest BCUT2D eigenvalue weighted by Gasteiger charge is 2.26. The summed E-state index contributed by atoms with van der Waals surface area (Å²) in [5.74, 6) is 0.358. The predicted molar refractivity (Wildman–Crippen MR) is 120 cm³/mol. The Labute approximate surface area is 178 Å². The maximum Gasteiger partial charge on any atom is 0.227 e. The number of ether oxygens (including phenoxy) is 1. The van der Waals surface area contributed by atoms with Crippen LogP contribution >= 0.6 is 0 Å². The molecule has 160 valence electrons. The van der Waals surface area contributed by atoms with Crippen molar-refractivity contribution in [3.63, 3.8) is 0 Å². The van der Waals surface area contributed by atoms with Crippen molar-refractivity contribution in [2.24, 2.45) is 5.92 Å². The van der Waals surface area contributed by atoms with Gasteiger partial charge in [-0.05, 0) is 49.7 Å². The molecule has 0 saturated carbocycles. The zero-order valence-electron chi connectivity index (χ0n) is 17.8. The molecule has 6 heteroatoms. The van der Waals surface area contributed by atoms with Crippen LogP contribution in [-0.2, 0) is 16.0 Å². The molecule has 0 aromatic heterocycles. The van der Waals surface area contributed by atoms with Crippen molar-refractivity contribution >= 4 is 23.2 Å². The second kappa shape index (κ2) is 10.8. The number of nitrogens with one attached hydrogen (secondary N) is 2. The van der Waals surface area contributed by atoms with Crippen LogP contribution in [-0.4, -0.2) is 43.0 Å². The van der Waals surface area contributed by atoms with Crippen LogP contribution in [0.3, 0.4) is 0 Å². The summed E-state index contributed by atoms with van der Waals surface area (Å²) in [6, 6.07) is 15.3. The van der Waals surface area contributed by atoms with E-state index in [1.807, 2.05) is 48.5 Å². The quantitative estimate of drug-likeness (QED) is 0.624. The van der Waals surface area contributed by atoms with E-state index in [-0.39, 0.29) is 24.2 Å². The normalized spacial score (nSPS) is 15.4. The lowest BCUT2D eigenvalue weighted by Gasteiger charge is -2.24. The van der Waals surface area contributed by atoms with Crippen LogP contribution in [0.2, 0.25) is 0 Å². The minimum atomic E-state index is -0.189. The molecule has 0 spiro atoms. The van der Waals surface area contributed by atoms with Crippen LogP contribution in [0.25, 0.3) is 0 Å². The Kier molecular flexibility index (Phi) is 7.85. The fourth-order valence-corrected chi connectivity index (χ4v) is 3.68. The van der Waals surface area contributed by atoms with Gasteiger partial charge in [-0.1, -0.05) is 44.2 Å². The van der Waals surface area contributed by atoms with Crippen LogP contribution in [0.1, 0.15) is 32.3 Å². The summed E-state index contributed by atoms with van der Waals surface area (Å²) in [4.78, 5) is 27.2. The largest absolute Gasteiger partial charge is 0.490 e. The predicted octanol–water partition coefficient (Wildman–Crippen LogP) is 3.94. The number of hydrogen-bond acceptors (Lipinski definition) is 4. The summed E-state index contributed by atoms with van der Waals surface area (Å²) in [5, 5.41) is 5.88. The van der Waals surface area contributed by atoms with Gasteiger partial charge in [0.1, 0.15) is 12.4 Å². The topological polar surface area (TPSA) is 70.7 Å². The standard InChI is InChI=1S/C24H31N3O3/c1-3-27(4-2)15-16-30-22-12-8-7-11-21(22)25-23(28)14-13-19-17-18-9-5-6-10-20(18)26-24(19)29/h5-12,19H,3-4,13-17H2,1-2H3,(H,25,28)(H,26,29). The molecule has 2 aromatic rings. The molecule has 0 bridgehead atoms. The minimum Gasteiger partial charge on any atom is -0.490 e. The van der Waals surface area contributed by atoms with Gasteiger partial charge in [-0.15, -0.1) is 0 Å². The molecule has 30 heavy (non-hydrogen) atoms. The van der Waals surface area contributed by atoms with Crippen molar-refractivity contribution in [3.8, 4) is 5.75 Å². The minimum absolute atomic E-state index is 0.0124. The van der Waals surface area contributed by atoms with E-state index >= 15 is 0 Å². The number of carbonyl (C=O) groups is 2. The first-order valence-electron chi connectivity index (χ1n) is 10.7. The van der Waals surface area contributed by atoms with E-state index in [0.29, 0.717) is 30.9 Å². The third-order valence-corrected chi connectivity index (χ3v) is 5.55. The highest BCUT2D eigenvalue weighted by Crippen LogP contribution is 2.28. The van der Waals surface area contributed by atoms with E-state index in [0.717, 1.165) is 30.9 Å². The molecule has 0 saturated heterocycles. The number of nitrogens with zero attached hydrogens (tertiary/aromatic N) is 1. The highest BCUT2D eigenvalue weighted by atomic mass is 16.5. The summed E-state index contributed by atoms with van der Waals surface area (Å²) in [5.41, 5.74) is 2.66. The number of likely N-dealkylation sites (N-methyl/N-ethyl adjacent to an activating group) is 1. The van der Waals surface area contributed by atoms with Gasteiger partial charge in [0, 0.05) is 24.6 Å². The summed E-state index contributed by atoms with van der Waals surface area (Å²) in [6.07, 6.45) is 1.46. The van der Waals surface area contributed by atoms with Gasteiger partial charge in [0.15, 0.2) is 0 Å². The Morgan fingerprint density at radius 1 is 1.13 bits per heavy atom. The summed E-state index contributed by atoms with van der Waals surface area (Å²) in [6.45, 7) is 7.63. The molecule has 1 aliphatic rings. The number of carbonyl (C=O) groups excluding carboxylic acids is 2. The molecule has 0 aliphatic carbocycles. The molecule has 1 heterocycles. The van der Waals surface area contributed by atoms with E-state index in [4.69, 9.17) is 4.74 Å². The molecule has 1 atom stereocenters. The summed E-state index contributed by atoms with van der Waals surface area (Å²) >= 11 is 0. The first-order valence-corrected chi connectivity index (χ1v) is 10.7. The maximum atomic E-state index is 12.5. The van der Waals surface area contributed by atoms with Gasteiger partial charge in [-0.25, -0.2) is 0 Å². The van der Waals surface area contributed by atoms with Crippen LogP contribution in [0.15, 0.2) is 48.5 Å². The fraction of sp³-hybridized carbons (Fsp3) is 0.417. The van der Waals surface area contributed by atoms with Crippen molar-refractivity contribution in [1.82, 2.24) is 4.90 Å². The Balaban J connectivity index is 1.51. The van der Waals surface area contributed by atoms with E-state index in [2.05, 4.69) is 29.4 Å². The van der Waals surface area contributed by atoms with Gasteiger partial charge < -0.3 is 20.3 Å². The fourth-order valence-electron chi connectivity index (χ4n) is 3.68. The Morgan fingerprint density at radius 3 is 2.67 bits per heavy atom. The van der Waals surface area contributed by atoms with E-state index in [9.17, 15) is 9.59 Å². The van der Waals surface area contributed by atoms with Crippen molar-refractivity contribution in [2.45, 2.75) is 33.1 Å². The van der Waals surface area contributed by atoms with Crippen LogP contribution in [0.5, 0.6) is 5.75 Å².